The summed E-state index contributed by atoms with van der Waals surface area (Å²) in [4.78, 5) is 4.27. The minimum absolute atomic E-state index is 0.283. The van der Waals surface area contributed by atoms with E-state index >= 15 is 0 Å². The number of nitrogens with one attached hydrogen (secondary N) is 1. The fourth-order valence-electron chi connectivity index (χ4n) is 1.59. The van der Waals surface area contributed by atoms with E-state index < -0.39 is 0 Å². The lowest BCUT2D eigenvalue weighted by Gasteiger charge is -2.11. The number of aromatic nitrogens is 4. The minimum Gasteiger partial charge on any atom is -0.337 e. The summed E-state index contributed by atoms with van der Waals surface area (Å²) in [6.45, 7) is 2.89. The van der Waals surface area contributed by atoms with Crippen LogP contribution >= 0.6 is 0 Å². The Labute approximate surface area is 95.1 Å². The Morgan fingerprint density at radius 3 is 2.81 bits per heavy atom. The lowest BCUT2D eigenvalue weighted by atomic mass is 10.2. The Bertz CT molecular complexity index is 456. The van der Waals surface area contributed by atoms with Crippen LogP contribution in [0.3, 0.4) is 0 Å². The third-order valence-electron chi connectivity index (χ3n) is 2.71. The van der Waals surface area contributed by atoms with E-state index in [0.29, 0.717) is 0 Å². The van der Waals surface area contributed by atoms with Crippen molar-refractivity contribution in [2.24, 2.45) is 14.1 Å². The highest BCUT2D eigenvalue weighted by Gasteiger charge is 2.07. The van der Waals surface area contributed by atoms with E-state index in [1.54, 1.807) is 0 Å². The number of rotatable bonds is 4. The summed E-state index contributed by atoms with van der Waals surface area (Å²) in [6.07, 6.45) is 7.67. The van der Waals surface area contributed by atoms with Gasteiger partial charge in [0.1, 0.15) is 5.82 Å². The Morgan fingerprint density at radius 2 is 2.25 bits per heavy atom. The number of hydrogen-bond acceptors (Lipinski definition) is 3. The third-order valence-corrected chi connectivity index (χ3v) is 2.71. The van der Waals surface area contributed by atoms with Crippen molar-refractivity contribution in [3.8, 4) is 0 Å². The van der Waals surface area contributed by atoms with Crippen LogP contribution in [0.1, 0.15) is 24.4 Å². The standard InChI is InChI=1S/C11H17N5/c1-9(10-6-14-16(3)8-10)13-7-11-12-4-5-15(11)2/h4-6,8-9,13H,7H2,1-3H3. The van der Waals surface area contributed by atoms with Gasteiger partial charge in [-0.2, -0.15) is 5.10 Å². The summed E-state index contributed by atoms with van der Waals surface area (Å²) in [5, 5.41) is 7.57. The highest BCUT2D eigenvalue weighted by Crippen LogP contribution is 2.10. The first-order valence-electron chi connectivity index (χ1n) is 5.35. The molecule has 2 aromatic heterocycles. The van der Waals surface area contributed by atoms with Gasteiger partial charge in [0.15, 0.2) is 0 Å². The molecule has 2 rings (SSSR count). The predicted molar refractivity (Wildman–Crippen MR) is 61.7 cm³/mol. The molecule has 0 amide bonds. The Balaban J connectivity index is 1.93. The van der Waals surface area contributed by atoms with Crippen molar-refractivity contribution in [3.63, 3.8) is 0 Å². The molecule has 0 aliphatic rings. The smallest absolute Gasteiger partial charge is 0.122 e. The average Bonchev–Trinajstić information content (AvgIpc) is 2.84. The summed E-state index contributed by atoms with van der Waals surface area (Å²) in [5.41, 5.74) is 1.19. The average molecular weight is 219 g/mol. The number of nitrogens with zero attached hydrogens (tertiary/aromatic N) is 4. The fraction of sp³-hybridized carbons (Fsp3) is 0.455. The normalized spacial score (nSPS) is 12.9. The molecule has 0 aliphatic heterocycles. The molecule has 1 unspecified atom stereocenters. The molecule has 0 bridgehead atoms. The van der Waals surface area contributed by atoms with Gasteiger partial charge < -0.3 is 9.88 Å². The molecule has 0 saturated carbocycles. The van der Waals surface area contributed by atoms with Crippen LogP contribution in [0.2, 0.25) is 0 Å². The van der Waals surface area contributed by atoms with E-state index in [4.69, 9.17) is 0 Å². The monoisotopic (exact) mass is 219 g/mol. The van der Waals surface area contributed by atoms with E-state index in [1.165, 1.54) is 5.56 Å². The summed E-state index contributed by atoms with van der Waals surface area (Å²) in [5.74, 6) is 1.04. The maximum absolute atomic E-state index is 4.27. The Hall–Kier alpha value is -1.62. The molecule has 2 aromatic rings. The summed E-state index contributed by atoms with van der Waals surface area (Å²) >= 11 is 0. The van der Waals surface area contributed by atoms with Gasteiger partial charge >= 0.3 is 0 Å². The maximum Gasteiger partial charge on any atom is 0.122 e. The van der Waals surface area contributed by atoms with Crippen molar-refractivity contribution in [1.29, 1.82) is 0 Å². The van der Waals surface area contributed by atoms with E-state index in [0.717, 1.165) is 12.4 Å². The zero-order chi connectivity index (χ0) is 11.5. The second-order valence-corrected chi connectivity index (χ2v) is 4.00. The second-order valence-electron chi connectivity index (χ2n) is 4.00. The first kappa shape index (κ1) is 10.9. The van der Waals surface area contributed by atoms with E-state index in [-0.39, 0.29) is 6.04 Å². The largest absolute Gasteiger partial charge is 0.337 e. The lowest BCUT2D eigenvalue weighted by Crippen LogP contribution is -2.19. The first-order valence-corrected chi connectivity index (χ1v) is 5.35. The van der Waals surface area contributed by atoms with Crippen LogP contribution in [0.5, 0.6) is 0 Å². The number of aryl methyl sites for hydroxylation is 2. The molecule has 0 radical (unpaired) electrons. The summed E-state index contributed by atoms with van der Waals surface area (Å²) in [6, 6.07) is 0.283. The molecule has 0 spiro atoms. The van der Waals surface area contributed by atoms with Gasteiger partial charge in [0.25, 0.3) is 0 Å². The number of imidazole rings is 1. The molecule has 0 fully saturated rings. The molecule has 0 aliphatic carbocycles. The van der Waals surface area contributed by atoms with Crippen molar-refractivity contribution < 1.29 is 0 Å². The van der Waals surface area contributed by atoms with Gasteiger partial charge in [-0.3, -0.25) is 4.68 Å². The van der Waals surface area contributed by atoms with E-state index in [9.17, 15) is 0 Å². The van der Waals surface area contributed by atoms with Crippen LogP contribution < -0.4 is 5.32 Å². The van der Waals surface area contributed by atoms with Crippen molar-refractivity contribution in [2.75, 3.05) is 0 Å². The van der Waals surface area contributed by atoms with Crippen LogP contribution in [-0.2, 0) is 20.6 Å². The van der Waals surface area contributed by atoms with Crippen LogP contribution in [0.25, 0.3) is 0 Å². The predicted octanol–water partition coefficient (Wildman–Crippen LogP) is 1.00. The van der Waals surface area contributed by atoms with Crippen molar-refractivity contribution >= 4 is 0 Å². The lowest BCUT2D eigenvalue weighted by molar-refractivity contribution is 0.549. The van der Waals surface area contributed by atoms with Crippen LogP contribution in [0, 0.1) is 0 Å². The molecule has 5 heteroatoms. The molecule has 2 heterocycles. The number of hydrogen-bond donors (Lipinski definition) is 1. The van der Waals surface area contributed by atoms with Gasteiger partial charge in [-0.25, -0.2) is 4.98 Å². The van der Waals surface area contributed by atoms with Gasteiger partial charge in [0.2, 0.25) is 0 Å². The Morgan fingerprint density at radius 1 is 1.44 bits per heavy atom. The molecule has 0 aromatic carbocycles. The summed E-state index contributed by atoms with van der Waals surface area (Å²) in [7, 11) is 3.92. The molecule has 5 nitrogen and oxygen atoms in total. The molecule has 1 atom stereocenters. The van der Waals surface area contributed by atoms with Gasteiger partial charge in [0.05, 0.1) is 12.7 Å². The Kier molecular flexibility index (Phi) is 3.05. The third kappa shape index (κ3) is 2.30. The molecule has 86 valence electrons. The van der Waals surface area contributed by atoms with Crippen molar-refractivity contribution in [2.45, 2.75) is 19.5 Å². The highest BCUT2D eigenvalue weighted by molar-refractivity contribution is 5.09. The van der Waals surface area contributed by atoms with Gasteiger partial charge in [-0.1, -0.05) is 0 Å². The van der Waals surface area contributed by atoms with E-state index in [2.05, 4.69) is 22.3 Å². The van der Waals surface area contributed by atoms with Crippen molar-refractivity contribution in [3.05, 3.63) is 36.2 Å². The van der Waals surface area contributed by atoms with Gasteiger partial charge in [-0.05, 0) is 6.92 Å². The maximum atomic E-state index is 4.27. The zero-order valence-corrected chi connectivity index (χ0v) is 9.88. The molecular weight excluding hydrogens is 202 g/mol. The summed E-state index contributed by atoms with van der Waals surface area (Å²) < 4.78 is 3.83. The minimum atomic E-state index is 0.283. The fourth-order valence-corrected chi connectivity index (χ4v) is 1.59. The zero-order valence-electron chi connectivity index (χ0n) is 9.88. The van der Waals surface area contributed by atoms with Gasteiger partial charge in [-0.15, -0.1) is 0 Å². The topological polar surface area (TPSA) is 47.7 Å². The molecular formula is C11H17N5. The quantitative estimate of drug-likeness (QED) is 0.834. The van der Waals surface area contributed by atoms with Crippen LogP contribution in [0.4, 0.5) is 0 Å². The molecule has 16 heavy (non-hydrogen) atoms. The van der Waals surface area contributed by atoms with Crippen LogP contribution in [-0.4, -0.2) is 19.3 Å². The van der Waals surface area contributed by atoms with E-state index in [1.807, 2.05) is 48.1 Å². The van der Waals surface area contributed by atoms with Crippen LogP contribution in [0.15, 0.2) is 24.8 Å². The van der Waals surface area contributed by atoms with Crippen molar-refractivity contribution in [1.82, 2.24) is 24.6 Å². The molecule has 1 N–H and O–H groups in total. The second kappa shape index (κ2) is 4.49. The van der Waals surface area contributed by atoms with Gasteiger partial charge in [0, 0.05) is 44.3 Å². The first-order chi connectivity index (χ1) is 7.66. The molecule has 0 saturated heterocycles. The highest BCUT2D eigenvalue weighted by atomic mass is 15.2. The SMILES string of the molecule is CC(NCc1nccn1C)c1cnn(C)c1.